The predicted octanol–water partition coefficient (Wildman–Crippen LogP) is 2.80. The molecule has 0 spiro atoms. The number of aromatic nitrogens is 1. The maximum absolute atomic E-state index is 11.5. The van der Waals surface area contributed by atoms with E-state index in [0.29, 0.717) is 36.6 Å². The van der Waals surface area contributed by atoms with E-state index in [1.165, 1.54) is 0 Å². The quantitative estimate of drug-likeness (QED) is 0.163. The van der Waals surface area contributed by atoms with Gasteiger partial charge in [-0.1, -0.05) is 24.3 Å². The van der Waals surface area contributed by atoms with Gasteiger partial charge in [0.1, 0.15) is 0 Å². The first-order chi connectivity index (χ1) is 17.0. The van der Waals surface area contributed by atoms with Gasteiger partial charge in [-0.2, -0.15) is 0 Å². The maximum atomic E-state index is 11.5. The van der Waals surface area contributed by atoms with E-state index in [1.54, 1.807) is 36.4 Å². The number of H-pyrrole nitrogens is 1. The monoisotopic (exact) mass is 531 g/mol. The van der Waals surface area contributed by atoms with Crippen LogP contribution in [0.1, 0.15) is 11.7 Å². The van der Waals surface area contributed by atoms with Gasteiger partial charge in [-0.3, -0.25) is 9.44 Å². The van der Waals surface area contributed by atoms with Crippen molar-refractivity contribution in [2.45, 2.75) is 6.10 Å². The molecule has 3 aromatic carbocycles. The first-order valence-corrected chi connectivity index (χ1v) is 15.0. The van der Waals surface area contributed by atoms with E-state index in [-0.39, 0.29) is 0 Å². The molecule has 36 heavy (non-hydrogen) atoms. The predicted molar refractivity (Wildman–Crippen MR) is 145 cm³/mol. The number of aromatic amines is 1. The number of benzene rings is 3. The Balaban J connectivity index is 1.31. The van der Waals surface area contributed by atoms with Crippen LogP contribution in [-0.4, -0.2) is 59.1 Å². The molecule has 0 unspecified atom stereocenters. The zero-order chi connectivity index (χ0) is 25.9. The lowest BCUT2D eigenvalue weighted by molar-refractivity contribution is 0.175. The Morgan fingerprint density at radius 2 is 1.36 bits per heavy atom. The average Bonchev–Trinajstić information content (AvgIpc) is 3.13. The van der Waals surface area contributed by atoms with Crippen molar-refractivity contribution < 1.29 is 21.9 Å². The van der Waals surface area contributed by atoms with Crippen molar-refractivity contribution in [3.8, 4) is 0 Å². The van der Waals surface area contributed by atoms with E-state index < -0.39 is 26.2 Å². The molecule has 6 N–H and O–H groups in total. The van der Waals surface area contributed by atoms with Crippen molar-refractivity contribution in [2.24, 2.45) is 0 Å². The molecular formula is C24H29N5O5S2. The Hall–Kier alpha value is -3.32. The second-order valence-electron chi connectivity index (χ2n) is 8.67. The van der Waals surface area contributed by atoms with Crippen LogP contribution >= 0.6 is 0 Å². The van der Waals surface area contributed by atoms with Crippen molar-refractivity contribution in [3.05, 3.63) is 66.2 Å². The number of hydrogen-bond acceptors (Lipinski definition) is 7. The highest BCUT2D eigenvalue weighted by Crippen LogP contribution is 2.29. The molecule has 0 aliphatic rings. The molecule has 0 aliphatic heterocycles. The summed E-state index contributed by atoms with van der Waals surface area (Å²) >= 11 is 0. The summed E-state index contributed by atoms with van der Waals surface area (Å²) in [4.78, 5) is 3.33. The number of hydrogen-bond donors (Lipinski definition) is 6. The highest BCUT2D eigenvalue weighted by molar-refractivity contribution is 7.92. The van der Waals surface area contributed by atoms with Gasteiger partial charge in [-0.15, -0.1) is 0 Å². The number of aliphatic hydroxyl groups is 1. The minimum absolute atomic E-state index is 0.314. The first kappa shape index (κ1) is 25.8. The second-order valence-corrected chi connectivity index (χ2v) is 12.2. The van der Waals surface area contributed by atoms with Gasteiger partial charge < -0.3 is 20.7 Å². The molecule has 192 valence electrons. The van der Waals surface area contributed by atoms with Crippen molar-refractivity contribution in [1.29, 1.82) is 0 Å². The molecule has 0 radical (unpaired) electrons. The summed E-state index contributed by atoms with van der Waals surface area (Å²) < 4.78 is 50.7. The lowest BCUT2D eigenvalue weighted by Gasteiger charge is -2.14. The van der Waals surface area contributed by atoms with E-state index in [0.717, 1.165) is 40.0 Å². The van der Waals surface area contributed by atoms with Gasteiger partial charge in [-0.05, 0) is 42.0 Å². The molecular weight excluding hydrogens is 502 g/mol. The van der Waals surface area contributed by atoms with E-state index in [4.69, 9.17) is 0 Å². The molecule has 12 heteroatoms. The molecule has 1 aromatic heterocycles. The molecule has 1 heterocycles. The number of rotatable bonds is 11. The van der Waals surface area contributed by atoms with Gasteiger partial charge in [0.05, 0.1) is 24.3 Å². The SMILES string of the molecule is CS(=O)(=O)Nc1cccc([C@@H](O)CNCCNc2ccc3c(c2)[nH]c2cc(NS(C)(=O)=O)ccc23)c1. The molecule has 0 amide bonds. The van der Waals surface area contributed by atoms with Crippen LogP contribution in [-0.2, 0) is 20.0 Å². The molecule has 0 aliphatic carbocycles. The van der Waals surface area contributed by atoms with Gasteiger partial charge in [0.15, 0.2) is 0 Å². The lowest BCUT2D eigenvalue weighted by Crippen LogP contribution is -2.27. The Morgan fingerprint density at radius 3 is 2.00 bits per heavy atom. The fraction of sp³-hybridized carbons (Fsp3) is 0.250. The average molecular weight is 532 g/mol. The van der Waals surface area contributed by atoms with Crippen LogP contribution in [0.3, 0.4) is 0 Å². The third kappa shape index (κ3) is 6.88. The summed E-state index contributed by atoms with van der Waals surface area (Å²) in [7, 11) is -6.73. The molecule has 0 saturated carbocycles. The Labute approximate surface area is 210 Å². The van der Waals surface area contributed by atoms with Gasteiger partial charge in [0.25, 0.3) is 0 Å². The molecule has 0 saturated heterocycles. The fourth-order valence-corrected chi connectivity index (χ4v) is 5.08. The summed E-state index contributed by atoms with van der Waals surface area (Å²) in [5.74, 6) is 0. The number of nitrogens with one attached hydrogen (secondary N) is 5. The van der Waals surface area contributed by atoms with Crippen LogP contribution in [0, 0.1) is 0 Å². The van der Waals surface area contributed by atoms with Crippen LogP contribution in [0.5, 0.6) is 0 Å². The molecule has 10 nitrogen and oxygen atoms in total. The fourth-order valence-electron chi connectivity index (χ4n) is 3.97. The molecule has 4 aromatic rings. The third-order valence-corrected chi connectivity index (χ3v) is 6.66. The van der Waals surface area contributed by atoms with Crippen LogP contribution in [0.15, 0.2) is 60.7 Å². The number of anilines is 3. The number of aliphatic hydroxyl groups excluding tert-OH is 1. The normalized spacial score (nSPS) is 13.1. The Kier molecular flexibility index (Phi) is 7.41. The number of fused-ring (bicyclic) bond motifs is 3. The van der Waals surface area contributed by atoms with Gasteiger partial charge in [0.2, 0.25) is 20.0 Å². The summed E-state index contributed by atoms with van der Waals surface area (Å²) in [6.07, 6.45) is 1.42. The largest absolute Gasteiger partial charge is 0.387 e. The van der Waals surface area contributed by atoms with Gasteiger partial charge in [0, 0.05) is 52.8 Å². The first-order valence-electron chi connectivity index (χ1n) is 11.2. The zero-order valence-corrected chi connectivity index (χ0v) is 21.5. The second kappa shape index (κ2) is 10.3. The summed E-state index contributed by atoms with van der Waals surface area (Å²) in [6, 6.07) is 18.1. The minimum atomic E-state index is -3.38. The van der Waals surface area contributed by atoms with Crippen LogP contribution in [0.4, 0.5) is 17.1 Å². The van der Waals surface area contributed by atoms with Gasteiger partial charge in [-0.25, -0.2) is 16.8 Å². The lowest BCUT2D eigenvalue weighted by atomic mass is 10.1. The molecule has 4 rings (SSSR count). The van der Waals surface area contributed by atoms with Crippen molar-refractivity contribution in [3.63, 3.8) is 0 Å². The Morgan fingerprint density at radius 1 is 0.778 bits per heavy atom. The van der Waals surface area contributed by atoms with Gasteiger partial charge >= 0.3 is 0 Å². The van der Waals surface area contributed by atoms with E-state index >= 15 is 0 Å². The third-order valence-electron chi connectivity index (χ3n) is 5.45. The highest BCUT2D eigenvalue weighted by atomic mass is 32.2. The summed E-state index contributed by atoms with van der Waals surface area (Å²) in [6.45, 7) is 1.54. The minimum Gasteiger partial charge on any atom is -0.387 e. The standard InChI is InChI=1S/C24H29N5O5S2/c1-35(31,32)28-18-5-3-4-16(12-18)24(30)15-25-10-11-26-17-6-8-20-21-9-7-19(29-36(2,33)34)14-23(21)27-22(20)13-17/h3-9,12-14,24-30H,10-11,15H2,1-2H3/t24-/m0/s1. The molecule has 0 bridgehead atoms. The number of sulfonamides is 2. The Bertz CT molecular complexity index is 1600. The van der Waals surface area contributed by atoms with E-state index in [2.05, 4.69) is 25.1 Å². The summed E-state index contributed by atoms with van der Waals surface area (Å²) in [5, 5.41) is 19.0. The van der Waals surface area contributed by atoms with Crippen LogP contribution in [0.25, 0.3) is 21.8 Å². The van der Waals surface area contributed by atoms with Crippen molar-refractivity contribution >= 4 is 58.9 Å². The van der Waals surface area contributed by atoms with Crippen LogP contribution < -0.4 is 20.1 Å². The highest BCUT2D eigenvalue weighted by Gasteiger charge is 2.10. The zero-order valence-electron chi connectivity index (χ0n) is 19.9. The van der Waals surface area contributed by atoms with E-state index in [9.17, 15) is 21.9 Å². The van der Waals surface area contributed by atoms with Crippen LogP contribution in [0.2, 0.25) is 0 Å². The molecule has 1 atom stereocenters. The van der Waals surface area contributed by atoms with E-state index in [1.807, 2.05) is 24.3 Å². The smallest absolute Gasteiger partial charge is 0.229 e. The topological polar surface area (TPSA) is 152 Å². The summed E-state index contributed by atoms with van der Waals surface area (Å²) in [5.41, 5.74) is 4.21. The maximum Gasteiger partial charge on any atom is 0.229 e. The molecule has 0 fully saturated rings. The van der Waals surface area contributed by atoms with Crippen molar-refractivity contribution in [1.82, 2.24) is 10.3 Å². The van der Waals surface area contributed by atoms with Crippen molar-refractivity contribution in [2.75, 3.05) is 46.9 Å².